The zero-order valence-corrected chi connectivity index (χ0v) is 30.1. The second-order valence-corrected chi connectivity index (χ2v) is 15.9. The minimum Gasteiger partial charge on any atom is -0.756 e. The van der Waals surface area contributed by atoms with Crippen LogP contribution < -0.4 is 9.63 Å². The summed E-state index contributed by atoms with van der Waals surface area (Å²) in [5, 5.41) is 0. The first-order valence-corrected chi connectivity index (χ1v) is 20.0. The van der Waals surface area contributed by atoms with Crippen LogP contribution in [-0.4, -0.2) is 19.2 Å². The maximum atomic E-state index is 14.5. The summed E-state index contributed by atoms with van der Waals surface area (Å²) in [6, 6.07) is 46.0. The van der Waals surface area contributed by atoms with Crippen LogP contribution in [0.4, 0.5) is 0 Å². The van der Waals surface area contributed by atoms with E-state index in [-0.39, 0.29) is 30.8 Å². The first-order chi connectivity index (χ1) is 25.8. The van der Waals surface area contributed by atoms with Crippen LogP contribution in [0.3, 0.4) is 0 Å². The molecule has 8 rings (SSSR count). The van der Waals surface area contributed by atoms with Gasteiger partial charge in [0.15, 0.2) is 0 Å². The third-order valence-corrected chi connectivity index (χ3v) is 12.4. The van der Waals surface area contributed by atoms with Gasteiger partial charge in [0.25, 0.3) is 7.82 Å². The molecule has 53 heavy (non-hydrogen) atoms. The number of benzene rings is 6. The van der Waals surface area contributed by atoms with Gasteiger partial charge in [0.05, 0.1) is 25.4 Å². The fraction of sp³-hybridized carbons (Fsp3) is 0.119. The molecule has 2 aliphatic rings. The van der Waals surface area contributed by atoms with Crippen molar-refractivity contribution in [3.63, 3.8) is 0 Å². The Morgan fingerprint density at radius 1 is 0.528 bits per heavy atom. The van der Waals surface area contributed by atoms with Gasteiger partial charge in [-0.1, -0.05) is 127 Å². The number of rotatable bonds is 13. The molecule has 266 valence electrons. The lowest BCUT2D eigenvalue weighted by Gasteiger charge is -2.28. The molecule has 0 amide bonds. The molecule has 0 radical (unpaired) electrons. The summed E-state index contributed by atoms with van der Waals surface area (Å²) in [5.74, 6) is -0.966. The maximum absolute atomic E-state index is 14.5. The Morgan fingerprint density at radius 2 is 0.943 bits per heavy atom. The molecule has 0 heterocycles. The number of esters is 1. The van der Waals surface area contributed by atoms with Crippen molar-refractivity contribution >= 4 is 21.6 Å². The van der Waals surface area contributed by atoms with Crippen LogP contribution >= 0.6 is 15.6 Å². The van der Waals surface area contributed by atoms with Crippen LogP contribution in [0.25, 0.3) is 22.3 Å². The largest absolute Gasteiger partial charge is 0.756 e. The van der Waals surface area contributed by atoms with Gasteiger partial charge >= 0.3 is 13.8 Å². The molecule has 6 aromatic carbocycles. The summed E-state index contributed by atoms with van der Waals surface area (Å²) in [6.45, 7) is -0.793. The Hall–Kier alpha value is -4.95. The third-order valence-electron chi connectivity index (χ3n) is 9.46. The van der Waals surface area contributed by atoms with E-state index in [0.717, 1.165) is 44.5 Å². The normalized spacial score (nSPS) is 14.5. The number of hydrogen-bond acceptors (Lipinski definition) is 9. The summed E-state index contributed by atoms with van der Waals surface area (Å²) >= 11 is 0. The molecule has 2 aliphatic carbocycles. The molecule has 0 saturated heterocycles. The Kier molecular flexibility index (Phi) is 9.81. The average Bonchev–Trinajstić information content (AvgIpc) is 3.68. The van der Waals surface area contributed by atoms with Crippen molar-refractivity contribution in [1.82, 2.24) is 0 Å². The molecule has 0 aromatic heterocycles. The third kappa shape index (κ3) is 7.47. The molecule has 1 atom stereocenters. The SMILES string of the molecule is O=C(Oc1ccc(COP(=O)([O-])OP(=O)(OCC2c3ccccc3-c3ccccc32)OCC2c3ccccc3-c3ccccc32)cc1)c1ccccc1. The van der Waals surface area contributed by atoms with E-state index < -0.39 is 28.2 Å². The summed E-state index contributed by atoms with van der Waals surface area (Å²) < 4.78 is 55.6. The van der Waals surface area contributed by atoms with Gasteiger partial charge in [-0.2, -0.15) is 0 Å². The molecule has 1 unspecified atom stereocenters. The predicted octanol–water partition coefficient (Wildman–Crippen LogP) is 9.67. The highest BCUT2D eigenvalue weighted by molar-refractivity contribution is 7.61. The van der Waals surface area contributed by atoms with Gasteiger partial charge < -0.3 is 14.2 Å². The zero-order valence-electron chi connectivity index (χ0n) is 28.3. The highest BCUT2D eigenvalue weighted by Gasteiger charge is 2.39. The summed E-state index contributed by atoms with van der Waals surface area (Å²) in [4.78, 5) is 25.8. The van der Waals surface area contributed by atoms with Gasteiger partial charge in [-0.25, -0.2) is 13.7 Å². The number of hydrogen-bond donors (Lipinski definition) is 0. The van der Waals surface area contributed by atoms with Crippen molar-refractivity contribution in [2.24, 2.45) is 0 Å². The smallest absolute Gasteiger partial charge is 0.481 e. The fourth-order valence-electron chi connectivity index (χ4n) is 6.99. The number of phosphoric acid groups is 2. The van der Waals surface area contributed by atoms with Crippen molar-refractivity contribution in [2.45, 2.75) is 18.4 Å². The molecule has 0 saturated carbocycles. The number of phosphoric ester groups is 2. The minimum absolute atomic E-state index is 0.174. The quantitative estimate of drug-likeness (QED) is 0.0647. The van der Waals surface area contributed by atoms with Gasteiger partial charge in [-0.15, -0.1) is 0 Å². The van der Waals surface area contributed by atoms with E-state index in [4.69, 9.17) is 22.6 Å². The van der Waals surface area contributed by atoms with Gasteiger partial charge in [0.2, 0.25) is 0 Å². The van der Waals surface area contributed by atoms with Gasteiger partial charge in [-0.3, -0.25) is 13.6 Å². The van der Waals surface area contributed by atoms with E-state index in [1.165, 1.54) is 12.1 Å². The molecule has 0 bridgehead atoms. The van der Waals surface area contributed by atoms with Crippen molar-refractivity contribution in [3.8, 4) is 28.0 Å². The standard InChI is InChI=1S/C42H34O9P2/c43-42(30-12-2-1-3-13-30)50-31-24-22-29(23-25-31)26-47-52(44,45)51-53(46,48-27-40-36-18-8-4-14-32(36)33-15-5-9-19-37(33)40)49-28-41-38-20-10-6-16-34(38)35-17-7-11-21-39(35)41/h1-25,40-41H,26-28H2,(H,44,45)/p-1. The molecule has 0 fully saturated rings. The van der Waals surface area contributed by atoms with Crippen molar-refractivity contribution < 1.29 is 41.4 Å². The summed E-state index contributed by atoms with van der Waals surface area (Å²) in [6.07, 6.45) is 0. The average molecular weight is 744 g/mol. The molecule has 11 heteroatoms. The Morgan fingerprint density at radius 3 is 1.40 bits per heavy atom. The lowest BCUT2D eigenvalue weighted by atomic mass is 9.98. The van der Waals surface area contributed by atoms with Gasteiger partial charge in [-0.05, 0) is 74.3 Å². The molecule has 0 N–H and O–H groups in total. The minimum atomic E-state index is -5.29. The van der Waals surface area contributed by atoms with E-state index in [9.17, 15) is 18.8 Å². The van der Waals surface area contributed by atoms with E-state index in [1.807, 2.05) is 97.1 Å². The number of fused-ring (bicyclic) bond motifs is 6. The Bertz CT molecular complexity index is 2190. The van der Waals surface area contributed by atoms with Crippen LogP contribution in [-0.2, 0) is 33.6 Å². The fourth-order valence-corrected chi connectivity index (χ4v) is 9.58. The Balaban J connectivity index is 1.00. The van der Waals surface area contributed by atoms with Crippen LogP contribution in [0.15, 0.2) is 152 Å². The van der Waals surface area contributed by atoms with E-state index in [0.29, 0.717) is 11.1 Å². The van der Waals surface area contributed by atoms with Crippen molar-refractivity contribution in [2.75, 3.05) is 13.2 Å². The van der Waals surface area contributed by atoms with E-state index in [2.05, 4.69) is 0 Å². The number of carbonyl (C=O) groups is 1. The van der Waals surface area contributed by atoms with Crippen LogP contribution in [0.5, 0.6) is 5.75 Å². The lowest BCUT2D eigenvalue weighted by Crippen LogP contribution is -2.14. The first-order valence-electron chi connectivity index (χ1n) is 17.1. The molecule has 0 aliphatic heterocycles. The summed E-state index contributed by atoms with van der Waals surface area (Å²) in [5.41, 5.74) is 8.73. The van der Waals surface area contributed by atoms with Crippen LogP contribution in [0, 0.1) is 0 Å². The molecular formula is C42H33O9P2-. The number of ether oxygens (including phenoxy) is 1. The summed E-state index contributed by atoms with van der Waals surface area (Å²) in [7, 11) is -10.1. The van der Waals surface area contributed by atoms with Crippen molar-refractivity contribution in [3.05, 3.63) is 185 Å². The Labute approximate surface area is 307 Å². The van der Waals surface area contributed by atoms with Crippen LogP contribution in [0.2, 0.25) is 0 Å². The first kappa shape index (κ1) is 35.1. The molecule has 9 nitrogen and oxygen atoms in total. The van der Waals surface area contributed by atoms with Crippen molar-refractivity contribution in [1.29, 1.82) is 0 Å². The number of carbonyl (C=O) groups excluding carboxylic acids is 1. The van der Waals surface area contributed by atoms with Crippen LogP contribution in [0.1, 0.15) is 50.0 Å². The predicted molar refractivity (Wildman–Crippen MR) is 198 cm³/mol. The van der Waals surface area contributed by atoms with Gasteiger partial charge in [0.1, 0.15) is 5.75 Å². The maximum Gasteiger partial charge on any atom is 0.481 e. The molecule has 6 aromatic rings. The van der Waals surface area contributed by atoms with E-state index >= 15 is 0 Å². The van der Waals surface area contributed by atoms with E-state index in [1.54, 1.807) is 42.5 Å². The second-order valence-electron chi connectivity index (χ2n) is 12.7. The topological polar surface area (TPSA) is 120 Å². The van der Waals surface area contributed by atoms with Gasteiger partial charge in [0, 0.05) is 11.8 Å². The monoisotopic (exact) mass is 743 g/mol. The molecule has 0 spiro atoms. The second kappa shape index (κ2) is 14.8. The lowest BCUT2D eigenvalue weighted by molar-refractivity contribution is -0.219. The zero-order chi connectivity index (χ0) is 36.4. The molecular weight excluding hydrogens is 710 g/mol. The highest BCUT2D eigenvalue weighted by atomic mass is 31.3. The highest BCUT2D eigenvalue weighted by Crippen LogP contribution is 2.63.